The van der Waals surface area contributed by atoms with E-state index in [4.69, 9.17) is 13.9 Å². The van der Waals surface area contributed by atoms with Gasteiger partial charge in [-0.2, -0.15) is 0 Å². The maximum Gasteiger partial charge on any atom is 0.208 e. The van der Waals surface area contributed by atoms with Gasteiger partial charge in [0.2, 0.25) is 5.89 Å². The molecular formula is C16H22N2O3. The lowest BCUT2D eigenvalue weighted by Crippen LogP contribution is -2.14. The molecule has 0 amide bonds. The molecule has 2 aromatic rings. The van der Waals surface area contributed by atoms with E-state index in [0.717, 1.165) is 29.2 Å². The van der Waals surface area contributed by atoms with Gasteiger partial charge in [0, 0.05) is 18.5 Å². The van der Waals surface area contributed by atoms with Gasteiger partial charge in [-0.3, -0.25) is 0 Å². The van der Waals surface area contributed by atoms with Crippen molar-refractivity contribution in [1.82, 2.24) is 10.3 Å². The summed E-state index contributed by atoms with van der Waals surface area (Å²) in [6.07, 6.45) is 2.63. The van der Waals surface area contributed by atoms with Crippen LogP contribution in [0.1, 0.15) is 31.1 Å². The Bertz CT molecular complexity index is 566. The topological polar surface area (TPSA) is 56.5 Å². The summed E-state index contributed by atoms with van der Waals surface area (Å²) in [6, 6.07) is 5.89. The molecule has 0 aliphatic carbocycles. The summed E-state index contributed by atoms with van der Waals surface area (Å²) in [5, 5.41) is 3.31. The maximum absolute atomic E-state index is 5.57. The van der Waals surface area contributed by atoms with E-state index in [0.29, 0.717) is 25.6 Å². The van der Waals surface area contributed by atoms with Crippen LogP contribution in [0.15, 0.2) is 28.8 Å². The summed E-state index contributed by atoms with van der Waals surface area (Å²) in [7, 11) is 1.66. The summed E-state index contributed by atoms with van der Waals surface area (Å²) in [6.45, 7) is 5.86. The number of benzene rings is 1. The van der Waals surface area contributed by atoms with Gasteiger partial charge >= 0.3 is 0 Å². The third-order valence-electron chi connectivity index (χ3n) is 3.11. The number of methoxy groups -OCH3 is 1. The van der Waals surface area contributed by atoms with Crippen molar-refractivity contribution in [3.8, 4) is 11.5 Å². The largest absolute Gasteiger partial charge is 0.493 e. The van der Waals surface area contributed by atoms with E-state index >= 15 is 0 Å². The first-order valence-corrected chi connectivity index (χ1v) is 7.21. The molecule has 5 nitrogen and oxygen atoms in total. The van der Waals surface area contributed by atoms with Crippen molar-refractivity contribution in [3.63, 3.8) is 0 Å². The highest BCUT2D eigenvalue weighted by molar-refractivity contribution is 5.46. The predicted octanol–water partition coefficient (Wildman–Crippen LogP) is 2.93. The van der Waals surface area contributed by atoms with Crippen molar-refractivity contribution in [1.29, 1.82) is 0 Å². The van der Waals surface area contributed by atoms with Gasteiger partial charge in [-0.1, -0.05) is 19.1 Å². The zero-order valence-electron chi connectivity index (χ0n) is 12.8. The number of rotatable bonds is 8. The van der Waals surface area contributed by atoms with E-state index in [1.165, 1.54) is 0 Å². The molecule has 0 atom stereocenters. The van der Waals surface area contributed by atoms with Gasteiger partial charge in [0.25, 0.3) is 0 Å². The number of hydrogen-bond acceptors (Lipinski definition) is 5. The molecule has 21 heavy (non-hydrogen) atoms. The Morgan fingerprint density at radius 1 is 1.24 bits per heavy atom. The molecule has 0 aliphatic rings. The number of hydrogen-bond donors (Lipinski definition) is 1. The number of nitrogens with one attached hydrogen (secondary N) is 1. The van der Waals surface area contributed by atoms with E-state index in [-0.39, 0.29) is 0 Å². The summed E-state index contributed by atoms with van der Waals surface area (Å²) >= 11 is 0. The number of oxazole rings is 1. The van der Waals surface area contributed by atoms with Crippen molar-refractivity contribution in [2.45, 2.75) is 33.4 Å². The number of para-hydroxylation sites is 1. The SMILES string of the molecule is CCOc1cccc(CNCc2ncc(CC)o2)c1OC. The third-order valence-corrected chi connectivity index (χ3v) is 3.11. The second-order valence-electron chi connectivity index (χ2n) is 4.56. The average molecular weight is 290 g/mol. The van der Waals surface area contributed by atoms with Crippen LogP contribution < -0.4 is 14.8 Å². The first-order chi connectivity index (χ1) is 10.3. The molecule has 1 aromatic heterocycles. The lowest BCUT2D eigenvalue weighted by atomic mass is 10.2. The van der Waals surface area contributed by atoms with Crippen LogP contribution in [0.25, 0.3) is 0 Å². The van der Waals surface area contributed by atoms with Crippen molar-refractivity contribution >= 4 is 0 Å². The monoisotopic (exact) mass is 290 g/mol. The van der Waals surface area contributed by atoms with Crippen LogP contribution in [0.4, 0.5) is 0 Å². The van der Waals surface area contributed by atoms with E-state index in [9.17, 15) is 0 Å². The number of ether oxygens (including phenoxy) is 2. The van der Waals surface area contributed by atoms with Crippen LogP contribution in [-0.4, -0.2) is 18.7 Å². The van der Waals surface area contributed by atoms with Crippen molar-refractivity contribution < 1.29 is 13.9 Å². The lowest BCUT2D eigenvalue weighted by Gasteiger charge is -2.13. The summed E-state index contributed by atoms with van der Waals surface area (Å²) < 4.78 is 16.6. The Morgan fingerprint density at radius 2 is 2.10 bits per heavy atom. The normalized spacial score (nSPS) is 10.6. The average Bonchev–Trinajstić information content (AvgIpc) is 2.96. The van der Waals surface area contributed by atoms with Crippen molar-refractivity contribution in [2.75, 3.05) is 13.7 Å². The van der Waals surface area contributed by atoms with Crippen LogP contribution >= 0.6 is 0 Å². The molecule has 1 aromatic carbocycles. The Kier molecular flexibility index (Phi) is 5.63. The van der Waals surface area contributed by atoms with Gasteiger partial charge in [-0.15, -0.1) is 0 Å². The van der Waals surface area contributed by atoms with E-state index in [1.807, 2.05) is 32.0 Å². The molecule has 0 spiro atoms. The van der Waals surface area contributed by atoms with Crippen LogP contribution in [0.3, 0.4) is 0 Å². The molecule has 1 N–H and O–H groups in total. The highest BCUT2D eigenvalue weighted by Gasteiger charge is 2.10. The maximum atomic E-state index is 5.57. The molecule has 0 radical (unpaired) electrons. The minimum atomic E-state index is 0.585. The number of aromatic nitrogens is 1. The van der Waals surface area contributed by atoms with Gasteiger partial charge in [0.15, 0.2) is 11.5 Å². The zero-order chi connectivity index (χ0) is 15.1. The number of nitrogens with zero attached hydrogens (tertiary/aromatic N) is 1. The van der Waals surface area contributed by atoms with E-state index in [1.54, 1.807) is 13.3 Å². The fraction of sp³-hybridized carbons (Fsp3) is 0.438. The molecule has 0 unspecified atom stereocenters. The Balaban J connectivity index is 1.97. The molecular weight excluding hydrogens is 268 g/mol. The number of aryl methyl sites for hydroxylation is 1. The van der Waals surface area contributed by atoms with Crippen LogP contribution in [0, 0.1) is 0 Å². The van der Waals surface area contributed by atoms with Crippen LogP contribution in [-0.2, 0) is 19.5 Å². The molecule has 0 saturated carbocycles. The highest BCUT2D eigenvalue weighted by Crippen LogP contribution is 2.30. The molecule has 0 bridgehead atoms. The molecule has 0 aliphatic heterocycles. The molecule has 1 heterocycles. The molecule has 2 rings (SSSR count). The summed E-state index contributed by atoms with van der Waals surface area (Å²) in [4.78, 5) is 4.22. The van der Waals surface area contributed by atoms with Gasteiger partial charge < -0.3 is 19.2 Å². The standard InChI is InChI=1S/C16H22N2O3/c1-4-13-10-18-15(21-13)11-17-9-12-7-6-8-14(20-5-2)16(12)19-3/h6-8,10,17H,4-5,9,11H2,1-3H3. The molecule has 5 heteroatoms. The summed E-state index contributed by atoms with van der Waals surface area (Å²) in [5.41, 5.74) is 1.05. The van der Waals surface area contributed by atoms with Crippen LogP contribution in [0.5, 0.6) is 11.5 Å². The highest BCUT2D eigenvalue weighted by atomic mass is 16.5. The Labute approximate surface area is 125 Å². The fourth-order valence-electron chi connectivity index (χ4n) is 2.10. The minimum absolute atomic E-state index is 0.585. The minimum Gasteiger partial charge on any atom is -0.493 e. The van der Waals surface area contributed by atoms with Crippen molar-refractivity contribution in [3.05, 3.63) is 41.6 Å². The lowest BCUT2D eigenvalue weighted by molar-refractivity contribution is 0.308. The van der Waals surface area contributed by atoms with E-state index < -0.39 is 0 Å². The predicted molar refractivity (Wildman–Crippen MR) is 80.6 cm³/mol. The summed E-state index contributed by atoms with van der Waals surface area (Å²) in [5.74, 6) is 3.15. The smallest absolute Gasteiger partial charge is 0.208 e. The second kappa shape index (κ2) is 7.69. The van der Waals surface area contributed by atoms with Gasteiger partial charge in [0.1, 0.15) is 5.76 Å². The van der Waals surface area contributed by atoms with Gasteiger partial charge in [0.05, 0.1) is 26.5 Å². The Hall–Kier alpha value is -2.01. The van der Waals surface area contributed by atoms with Crippen molar-refractivity contribution in [2.24, 2.45) is 0 Å². The van der Waals surface area contributed by atoms with Gasteiger partial charge in [-0.05, 0) is 13.0 Å². The molecule has 114 valence electrons. The second-order valence-corrected chi connectivity index (χ2v) is 4.56. The molecule has 0 saturated heterocycles. The van der Waals surface area contributed by atoms with Gasteiger partial charge in [-0.25, -0.2) is 4.98 Å². The first-order valence-electron chi connectivity index (χ1n) is 7.21. The molecule has 0 fully saturated rings. The Morgan fingerprint density at radius 3 is 2.76 bits per heavy atom. The fourth-order valence-corrected chi connectivity index (χ4v) is 2.10. The third kappa shape index (κ3) is 3.98. The quantitative estimate of drug-likeness (QED) is 0.810. The first kappa shape index (κ1) is 15.4. The zero-order valence-corrected chi connectivity index (χ0v) is 12.8. The van der Waals surface area contributed by atoms with Crippen LogP contribution in [0.2, 0.25) is 0 Å². The van der Waals surface area contributed by atoms with E-state index in [2.05, 4.69) is 10.3 Å².